The molecule has 1 aliphatic heterocycles. The number of likely N-dealkylation sites (tertiary alicyclic amines) is 1. The molecule has 3 aromatic carbocycles. The lowest BCUT2D eigenvalue weighted by atomic mass is 9.96. The van der Waals surface area contributed by atoms with Crippen LogP contribution in [0.3, 0.4) is 0 Å². The Balaban J connectivity index is 1.00. The second-order valence-electron chi connectivity index (χ2n) is 10.0. The second-order valence-corrected chi connectivity index (χ2v) is 10.0. The molecule has 2 aliphatic rings. The maximum absolute atomic E-state index is 12.5. The van der Waals surface area contributed by atoms with Gasteiger partial charge in [0.25, 0.3) is 5.91 Å². The Hall–Kier alpha value is -3.15. The van der Waals surface area contributed by atoms with Gasteiger partial charge in [-0.3, -0.25) is 4.79 Å². The van der Waals surface area contributed by atoms with Gasteiger partial charge in [-0.05, 0) is 86.6 Å². The largest absolute Gasteiger partial charge is 0.397 e. The zero-order chi connectivity index (χ0) is 24.0. The van der Waals surface area contributed by atoms with E-state index in [0.717, 1.165) is 25.4 Å². The molecule has 1 saturated heterocycles. The summed E-state index contributed by atoms with van der Waals surface area (Å²) in [6.45, 7) is 4.58. The van der Waals surface area contributed by atoms with Crippen LogP contribution in [-0.4, -0.2) is 43.0 Å². The summed E-state index contributed by atoms with van der Waals surface area (Å²) in [5.74, 6) is 1.37. The molecule has 2 unspecified atom stereocenters. The molecule has 1 amide bonds. The molecule has 182 valence electrons. The van der Waals surface area contributed by atoms with E-state index in [1.807, 2.05) is 30.3 Å². The van der Waals surface area contributed by atoms with Crippen molar-refractivity contribution in [1.82, 2.24) is 10.2 Å². The maximum Gasteiger partial charge on any atom is 0.255 e. The van der Waals surface area contributed by atoms with Gasteiger partial charge in [0.2, 0.25) is 0 Å². The number of piperidine rings is 1. The number of carbonyl (C=O) groups is 1. The quantitative estimate of drug-likeness (QED) is 0.390. The molecule has 2 atom stereocenters. The number of hydrogen-bond donors (Lipinski definition) is 3. The Kier molecular flexibility index (Phi) is 7.45. The van der Waals surface area contributed by atoms with E-state index in [1.54, 1.807) is 6.07 Å². The van der Waals surface area contributed by atoms with E-state index < -0.39 is 0 Å². The van der Waals surface area contributed by atoms with Gasteiger partial charge in [0.1, 0.15) is 0 Å². The van der Waals surface area contributed by atoms with E-state index in [-0.39, 0.29) is 5.91 Å². The number of hydrogen-bond acceptors (Lipinski definition) is 4. The third-order valence-corrected chi connectivity index (χ3v) is 7.54. The highest BCUT2D eigenvalue weighted by atomic mass is 16.1. The van der Waals surface area contributed by atoms with Crippen LogP contribution in [0.25, 0.3) is 0 Å². The number of para-hydroxylation sites is 2. The van der Waals surface area contributed by atoms with Crippen molar-refractivity contribution in [2.45, 2.75) is 37.6 Å². The Bertz CT molecular complexity index is 1110. The minimum absolute atomic E-state index is 0.133. The molecular formula is C30H36N4O. The van der Waals surface area contributed by atoms with E-state index in [4.69, 9.17) is 5.73 Å². The van der Waals surface area contributed by atoms with Crippen LogP contribution in [-0.2, 0) is 6.42 Å². The molecule has 4 N–H and O–H groups in total. The highest BCUT2D eigenvalue weighted by Crippen LogP contribution is 2.40. The summed E-state index contributed by atoms with van der Waals surface area (Å²) in [5.41, 5.74) is 10.5. The standard InChI is InChI=1S/C30H36N4O/c31-27-8-4-5-9-28(27)33-30(35)25-12-10-22(11-13-25)14-17-34-18-15-23(16-19-34)21-32-29-20-26(29)24-6-2-1-3-7-24/h1-13,23,26,29,32H,14-21,31H2,(H,33,35). The molecule has 5 heteroatoms. The molecule has 1 heterocycles. The molecule has 0 bridgehead atoms. The molecule has 5 nitrogen and oxygen atoms in total. The number of rotatable bonds is 9. The van der Waals surface area contributed by atoms with Gasteiger partial charge in [0, 0.05) is 24.1 Å². The van der Waals surface area contributed by atoms with Gasteiger partial charge in [0.05, 0.1) is 11.4 Å². The number of nitrogens with two attached hydrogens (primary N) is 1. The summed E-state index contributed by atoms with van der Waals surface area (Å²) in [4.78, 5) is 15.1. The van der Waals surface area contributed by atoms with Gasteiger partial charge >= 0.3 is 0 Å². The number of carbonyl (C=O) groups excluding carboxylic acids is 1. The molecule has 1 aliphatic carbocycles. The monoisotopic (exact) mass is 468 g/mol. The minimum atomic E-state index is -0.133. The van der Waals surface area contributed by atoms with Gasteiger partial charge in [-0.25, -0.2) is 0 Å². The normalized spacial score (nSPS) is 20.5. The van der Waals surface area contributed by atoms with Gasteiger partial charge in [-0.2, -0.15) is 0 Å². The SMILES string of the molecule is Nc1ccccc1NC(=O)c1ccc(CCN2CCC(CNC3CC3c3ccccc3)CC2)cc1. The molecule has 0 aromatic heterocycles. The highest BCUT2D eigenvalue weighted by Gasteiger charge is 2.38. The fourth-order valence-electron chi connectivity index (χ4n) is 5.14. The first-order valence-electron chi connectivity index (χ1n) is 12.9. The smallest absolute Gasteiger partial charge is 0.255 e. The first-order chi connectivity index (χ1) is 17.2. The Morgan fingerprint density at radius 3 is 2.37 bits per heavy atom. The lowest BCUT2D eigenvalue weighted by molar-refractivity contribution is 0.102. The number of anilines is 2. The van der Waals surface area contributed by atoms with Crippen LogP contribution >= 0.6 is 0 Å². The van der Waals surface area contributed by atoms with Crippen LogP contribution in [0.15, 0.2) is 78.9 Å². The zero-order valence-corrected chi connectivity index (χ0v) is 20.3. The zero-order valence-electron chi connectivity index (χ0n) is 20.3. The predicted octanol–water partition coefficient (Wildman–Crippen LogP) is 4.92. The molecule has 3 aromatic rings. The first kappa shape index (κ1) is 23.6. The van der Waals surface area contributed by atoms with Crippen molar-refractivity contribution in [3.05, 3.63) is 95.6 Å². The molecule has 0 spiro atoms. The summed E-state index contributed by atoms with van der Waals surface area (Å²) in [6.07, 6.45) is 4.84. The summed E-state index contributed by atoms with van der Waals surface area (Å²) in [5, 5.41) is 6.71. The van der Waals surface area contributed by atoms with Crippen molar-refractivity contribution in [3.63, 3.8) is 0 Å². The van der Waals surface area contributed by atoms with Gasteiger partial charge in [0.15, 0.2) is 0 Å². The van der Waals surface area contributed by atoms with Crippen LogP contribution in [0.5, 0.6) is 0 Å². The lowest BCUT2D eigenvalue weighted by Crippen LogP contribution is -2.38. The Labute approximate surface area is 208 Å². The van der Waals surface area contributed by atoms with Crippen molar-refractivity contribution in [1.29, 1.82) is 0 Å². The molecule has 5 rings (SSSR count). The number of nitrogens with zero attached hydrogens (tertiary/aromatic N) is 1. The molecule has 1 saturated carbocycles. The van der Waals surface area contributed by atoms with Gasteiger partial charge < -0.3 is 21.3 Å². The molecule has 0 radical (unpaired) electrons. The summed E-state index contributed by atoms with van der Waals surface area (Å²) >= 11 is 0. The van der Waals surface area contributed by atoms with E-state index in [1.165, 1.54) is 43.5 Å². The third-order valence-electron chi connectivity index (χ3n) is 7.54. The van der Waals surface area contributed by atoms with Crippen molar-refractivity contribution in [3.8, 4) is 0 Å². The minimum Gasteiger partial charge on any atom is -0.397 e. The Morgan fingerprint density at radius 2 is 1.63 bits per heavy atom. The van der Waals surface area contributed by atoms with Gasteiger partial charge in [-0.1, -0.05) is 54.6 Å². The van der Waals surface area contributed by atoms with E-state index in [9.17, 15) is 4.79 Å². The van der Waals surface area contributed by atoms with Crippen molar-refractivity contribution in [2.75, 3.05) is 37.2 Å². The average Bonchev–Trinajstić information content (AvgIpc) is 3.69. The fourth-order valence-corrected chi connectivity index (χ4v) is 5.14. The van der Waals surface area contributed by atoms with Crippen LogP contribution in [0.2, 0.25) is 0 Å². The van der Waals surface area contributed by atoms with Crippen LogP contribution in [0.1, 0.15) is 46.7 Å². The van der Waals surface area contributed by atoms with Crippen molar-refractivity contribution in [2.24, 2.45) is 5.92 Å². The summed E-state index contributed by atoms with van der Waals surface area (Å²) in [7, 11) is 0. The third kappa shape index (κ3) is 6.30. The van der Waals surface area contributed by atoms with Crippen LogP contribution < -0.4 is 16.4 Å². The number of nitrogens with one attached hydrogen (secondary N) is 2. The predicted molar refractivity (Wildman–Crippen MR) is 144 cm³/mol. The van der Waals surface area contributed by atoms with Crippen molar-refractivity contribution < 1.29 is 4.79 Å². The Morgan fingerprint density at radius 1 is 0.914 bits per heavy atom. The number of amides is 1. The first-order valence-corrected chi connectivity index (χ1v) is 12.9. The van der Waals surface area contributed by atoms with Crippen LogP contribution in [0.4, 0.5) is 11.4 Å². The topological polar surface area (TPSA) is 70.4 Å². The van der Waals surface area contributed by atoms with E-state index >= 15 is 0 Å². The highest BCUT2D eigenvalue weighted by molar-refractivity contribution is 6.05. The molecule has 2 fully saturated rings. The maximum atomic E-state index is 12.5. The number of nitrogen functional groups attached to an aromatic ring is 1. The van der Waals surface area contributed by atoms with Gasteiger partial charge in [-0.15, -0.1) is 0 Å². The van der Waals surface area contributed by atoms with Crippen molar-refractivity contribution >= 4 is 17.3 Å². The second kappa shape index (κ2) is 11.1. The lowest BCUT2D eigenvalue weighted by Gasteiger charge is -2.32. The number of benzene rings is 3. The molecule has 35 heavy (non-hydrogen) atoms. The van der Waals surface area contributed by atoms with E-state index in [2.05, 4.69) is 58.0 Å². The summed E-state index contributed by atoms with van der Waals surface area (Å²) < 4.78 is 0. The van der Waals surface area contributed by atoms with Crippen LogP contribution in [0, 0.1) is 5.92 Å². The molecular weight excluding hydrogens is 432 g/mol. The van der Waals surface area contributed by atoms with E-state index in [0.29, 0.717) is 28.9 Å². The summed E-state index contributed by atoms with van der Waals surface area (Å²) in [6, 6.07) is 26.8. The average molecular weight is 469 g/mol. The fraction of sp³-hybridized carbons (Fsp3) is 0.367.